The molecule has 2 aliphatic rings. The molecule has 0 aliphatic carbocycles. The summed E-state index contributed by atoms with van der Waals surface area (Å²) in [5, 5.41) is 4.16. The molecule has 238 valence electrons. The van der Waals surface area contributed by atoms with Crippen molar-refractivity contribution in [3.05, 3.63) is 34.2 Å². The van der Waals surface area contributed by atoms with Gasteiger partial charge in [0.05, 0.1) is 0 Å². The van der Waals surface area contributed by atoms with Gasteiger partial charge in [0.2, 0.25) is 15.9 Å². The summed E-state index contributed by atoms with van der Waals surface area (Å²) in [5.41, 5.74) is 12.7. The number of nitrogens with zero attached hydrogens (tertiary/aromatic N) is 3. The molecule has 1 saturated heterocycles. The molecule has 1 fully saturated rings. The van der Waals surface area contributed by atoms with Crippen LogP contribution in [0.25, 0.3) is 6.08 Å². The van der Waals surface area contributed by atoms with E-state index < -0.39 is 21.6 Å². The standard InChI is InChI=1S/C31H48N6O5S/c1-23-21-25(36(3)30(33)40)22-24(2)26(23)15-20-43(41,42)37-18-16-31(17-19-37)29(39)34-28(35-31)14-12-10-8-6-4-5-7-9-11-13-27(32)38/h15,20-22H,4-14,16-19H2,1-3H3,(H2,32,38)(H2,33,40)(H,34,35,39). The van der Waals surface area contributed by atoms with Crippen LogP contribution in [0.15, 0.2) is 22.5 Å². The number of carbonyl (C=O) groups excluding carboxylic acids is 3. The molecule has 0 unspecified atom stereocenters. The van der Waals surface area contributed by atoms with Gasteiger partial charge in [-0.3, -0.25) is 19.5 Å². The normalized spacial score (nSPS) is 16.9. The molecule has 11 nitrogen and oxygen atoms in total. The number of nitrogens with two attached hydrogens (primary N) is 2. The Kier molecular flexibility index (Phi) is 12.3. The minimum Gasteiger partial charge on any atom is -0.370 e. The Labute approximate surface area is 256 Å². The molecule has 0 aromatic heterocycles. The molecule has 1 spiro atoms. The number of urea groups is 1. The van der Waals surface area contributed by atoms with E-state index in [-0.39, 0.29) is 24.9 Å². The summed E-state index contributed by atoms with van der Waals surface area (Å²) in [4.78, 5) is 41.2. The molecule has 1 aromatic carbocycles. The summed E-state index contributed by atoms with van der Waals surface area (Å²) in [6.45, 7) is 4.16. The largest absolute Gasteiger partial charge is 0.370 e. The van der Waals surface area contributed by atoms with Crippen LogP contribution in [0.5, 0.6) is 0 Å². The summed E-state index contributed by atoms with van der Waals surface area (Å²) in [7, 11) is -2.11. The highest BCUT2D eigenvalue weighted by Crippen LogP contribution is 2.32. The molecule has 43 heavy (non-hydrogen) atoms. The number of nitrogens with one attached hydrogen (secondary N) is 1. The van der Waals surface area contributed by atoms with Crippen LogP contribution in [0.3, 0.4) is 0 Å². The highest BCUT2D eigenvalue weighted by atomic mass is 32.2. The van der Waals surface area contributed by atoms with E-state index in [2.05, 4.69) is 5.32 Å². The predicted molar refractivity (Wildman–Crippen MR) is 171 cm³/mol. The third-order valence-electron chi connectivity index (χ3n) is 8.48. The lowest BCUT2D eigenvalue weighted by Crippen LogP contribution is -2.50. The van der Waals surface area contributed by atoms with Crippen LogP contribution in [-0.2, 0) is 19.6 Å². The van der Waals surface area contributed by atoms with Crippen molar-refractivity contribution in [1.29, 1.82) is 0 Å². The molecular weight excluding hydrogens is 568 g/mol. The van der Waals surface area contributed by atoms with Crippen molar-refractivity contribution < 1.29 is 22.8 Å². The Morgan fingerprint density at radius 3 is 2.05 bits per heavy atom. The van der Waals surface area contributed by atoms with E-state index in [0.29, 0.717) is 30.8 Å². The van der Waals surface area contributed by atoms with Crippen LogP contribution < -0.4 is 21.7 Å². The van der Waals surface area contributed by atoms with Crippen LogP contribution >= 0.6 is 0 Å². The summed E-state index contributed by atoms with van der Waals surface area (Å²) in [6, 6.07) is 3.01. The number of carbonyl (C=O) groups is 3. The fourth-order valence-corrected chi connectivity index (χ4v) is 6.93. The van der Waals surface area contributed by atoms with Crippen molar-refractivity contribution >= 4 is 45.5 Å². The average Bonchev–Trinajstić information content (AvgIpc) is 3.24. The molecule has 3 rings (SSSR count). The first kappa shape index (κ1) is 34.2. The molecule has 2 heterocycles. The van der Waals surface area contributed by atoms with E-state index in [1.807, 2.05) is 13.8 Å². The van der Waals surface area contributed by atoms with Gasteiger partial charge < -0.3 is 16.8 Å². The van der Waals surface area contributed by atoms with Crippen LogP contribution in [0.4, 0.5) is 10.5 Å². The molecule has 4 amide bonds. The molecular formula is C31H48N6O5S. The van der Waals surface area contributed by atoms with Crippen LogP contribution in [0, 0.1) is 13.8 Å². The summed E-state index contributed by atoms with van der Waals surface area (Å²) in [5.74, 6) is 0.365. The number of aliphatic imine (C=N–C) groups is 1. The first-order chi connectivity index (χ1) is 20.3. The SMILES string of the molecule is Cc1cc(N(C)C(N)=O)cc(C)c1C=CS(=O)(=O)N1CCC2(CC1)N=C(CCCCCCCCCCCC(N)=O)NC2=O. The number of aryl methyl sites for hydroxylation is 2. The molecule has 2 aliphatic heterocycles. The first-order valence-corrected chi connectivity index (χ1v) is 16.9. The number of hydrogen-bond acceptors (Lipinski definition) is 6. The average molecular weight is 617 g/mol. The lowest BCUT2D eigenvalue weighted by atomic mass is 9.89. The van der Waals surface area contributed by atoms with Crippen molar-refractivity contribution in [3.8, 4) is 0 Å². The zero-order valence-corrected chi connectivity index (χ0v) is 26.7. The minimum atomic E-state index is -3.70. The second-order valence-corrected chi connectivity index (χ2v) is 13.6. The molecule has 0 saturated carbocycles. The first-order valence-electron chi connectivity index (χ1n) is 15.4. The zero-order valence-electron chi connectivity index (χ0n) is 25.9. The highest BCUT2D eigenvalue weighted by Gasteiger charge is 2.46. The van der Waals surface area contributed by atoms with Crippen LogP contribution in [0.2, 0.25) is 0 Å². The molecule has 5 N–H and O–H groups in total. The van der Waals surface area contributed by atoms with Gasteiger partial charge >= 0.3 is 6.03 Å². The Morgan fingerprint density at radius 2 is 1.51 bits per heavy atom. The topological polar surface area (TPSA) is 168 Å². The lowest BCUT2D eigenvalue weighted by Gasteiger charge is -2.34. The molecule has 0 radical (unpaired) electrons. The second-order valence-electron chi connectivity index (χ2n) is 11.8. The van der Waals surface area contributed by atoms with Gasteiger partial charge in [0.15, 0.2) is 0 Å². The smallest absolute Gasteiger partial charge is 0.318 e. The third-order valence-corrected chi connectivity index (χ3v) is 10.0. The number of piperidine rings is 1. The van der Waals surface area contributed by atoms with Crippen molar-refractivity contribution in [2.45, 2.75) is 103 Å². The number of amides is 4. The quantitative estimate of drug-likeness (QED) is 0.236. The van der Waals surface area contributed by atoms with Gasteiger partial charge in [-0.25, -0.2) is 13.2 Å². The molecule has 0 bridgehead atoms. The number of unbranched alkanes of at least 4 members (excludes halogenated alkanes) is 8. The fourth-order valence-electron chi connectivity index (χ4n) is 5.76. The van der Waals surface area contributed by atoms with E-state index in [1.165, 1.54) is 33.9 Å². The second kappa shape index (κ2) is 15.5. The summed E-state index contributed by atoms with van der Waals surface area (Å²) in [6.07, 6.45) is 13.3. The summed E-state index contributed by atoms with van der Waals surface area (Å²) < 4.78 is 27.7. The van der Waals surface area contributed by atoms with Gasteiger partial charge in [0.25, 0.3) is 5.91 Å². The maximum absolute atomic E-state index is 13.2. The number of rotatable bonds is 16. The van der Waals surface area contributed by atoms with Gasteiger partial charge in [-0.2, -0.15) is 4.31 Å². The molecule has 1 aromatic rings. The Hall–Kier alpha value is -3.25. The molecule has 0 atom stereocenters. The Balaban J connectivity index is 1.45. The Bertz CT molecular complexity index is 1310. The Morgan fingerprint density at radius 1 is 0.977 bits per heavy atom. The van der Waals surface area contributed by atoms with E-state index in [0.717, 1.165) is 61.6 Å². The van der Waals surface area contributed by atoms with Crippen molar-refractivity contribution in [3.63, 3.8) is 0 Å². The number of anilines is 1. The van der Waals surface area contributed by atoms with Crippen molar-refractivity contribution in [1.82, 2.24) is 9.62 Å². The zero-order chi connectivity index (χ0) is 31.6. The van der Waals surface area contributed by atoms with Gasteiger partial charge in [-0.1, -0.05) is 44.9 Å². The van der Waals surface area contributed by atoms with Gasteiger partial charge in [-0.05, 0) is 74.4 Å². The number of sulfonamides is 1. The third kappa shape index (κ3) is 9.62. The fraction of sp³-hybridized carbons (Fsp3) is 0.613. The van der Waals surface area contributed by atoms with Crippen molar-refractivity contribution in [2.75, 3.05) is 25.0 Å². The number of hydrogen-bond donors (Lipinski definition) is 3. The predicted octanol–water partition coefficient (Wildman–Crippen LogP) is 4.26. The van der Waals surface area contributed by atoms with E-state index >= 15 is 0 Å². The van der Waals surface area contributed by atoms with E-state index in [9.17, 15) is 22.8 Å². The van der Waals surface area contributed by atoms with Gasteiger partial charge in [0, 0.05) is 44.1 Å². The minimum absolute atomic E-state index is 0.126. The van der Waals surface area contributed by atoms with Gasteiger partial charge in [0.1, 0.15) is 11.4 Å². The highest BCUT2D eigenvalue weighted by molar-refractivity contribution is 7.92. The lowest BCUT2D eigenvalue weighted by molar-refractivity contribution is -0.125. The van der Waals surface area contributed by atoms with E-state index in [1.54, 1.807) is 25.3 Å². The van der Waals surface area contributed by atoms with Crippen LogP contribution in [-0.4, -0.2) is 62.1 Å². The number of benzene rings is 1. The van der Waals surface area contributed by atoms with Gasteiger partial charge in [-0.15, -0.1) is 0 Å². The van der Waals surface area contributed by atoms with E-state index in [4.69, 9.17) is 16.5 Å². The number of primary amides is 2. The molecule has 12 heteroatoms. The number of amidine groups is 1. The van der Waals surface area contributed by atoms with Crippen LogP contribution in [0.1, 0.15) is 100 Å². The van der Waals surface area contributed by atoms with Crippen molar-refractivity contribution in [2.24, 2.45) is 16.5 Å². The maximum Gasteiger partial charge on any atom is 0.318 e. The monoisotopic (exact) mass is 616 g/mol. The maximum atomic E-state index is 13.2. The summed E-state index contributed by atoms with van der Waals surface area (Å²) >= 11 is 0.